The van der Waals surface area contributed by atoms with Gasteiger partial charge in [0.1, 0.15) is 0 Å². The average Bonchev–Trinajstić information content (AvgIpc) is 2.54. The van der Waals surface area contributed by atoms with Gasteiger partial charge in [0.05, 0.1) is 0 Å². The molecule has 22 heavy (non-hydrogen) atoms. The van der Waals surface area contributed by atoms with Gasteiger partial charge in [-0.05, 0) is 0 Å². The van der Waals surface area contributed by atoms with Gasteiger partial charge >= 0.3 is 140 Å². The fourth-order valence-electron chi connectivity index (χ4n) is 3.33. The van der Waals surface area contributed by atoms with E-state index in [0.717, 1.165) is 0 Å². The van der Waals surface area contributed by atoms with Crippen molar-refractivity contribution >= 4 is 27.6 Å². The van der Waals surface area contributed by atoms with Crippen molar-refractivity contribution < 1.29 is 15.6 Å². The molecule has 0 saturated heterocycles. The van der Waals surface area contributed by atoms with Crippen molar-refractivity contribution in [2.75, 3.05) is 0 Å². The molecular formula is C18H34NO2Sn+. The Balaban J connectivity index is 3.07. The van der Waals surface area contributed by atoms with Gasteiger partial charge in [0.2, 0.25) is 0 Å². The zero-order chi connectivity index (χ0) is 16.4. The molecule has 0 aliphatic heterocycles. The van der Waals surface area contributed by atoms with Crippen LogP contribution in [0.2, 0.25) is 13.3 Å². The topological polar surface area (TPSA) is 44.9 Å². The predicted molar refractivity (Wildman–Crippen MR) is 95.2 cm³/mol. The van der Waals surface area contributed by atoms with E-state index in [1.807, 2.05) is 12.1 Å². The van der Waals surface area contributed by atoms with Crippen LogP contribution in [0.1, 0.15) is 59.3 Å². The monoisotopic (exact) mass is 416 g/mol. The van der Waals surface area contributed by atoms with Gasteiger partial charge in [-0.2, -0.15) is 0 Å². The summed E-state index contributed by atoms with van der Waals surface area (Å²) in [6.45, 7) is 6.87. The molecule has 0 aliphatic rings. The van der Waals surface area contributed by atoms with E-state index in [1.54, 1.807) is 3.58 Å². The van der Waals surface area contributed by atoms with Crippen molar-refractivity contribution in [3.8, 4) is 0 Å². The second-order valence-corrected chi connectivity index (χ2v) is 19.7. The van der Waals surface area contributed by atoms with Crippen LogP contribution < -0.4 is 8.81 Å². The Bertz CT molecular complexity index is 384. The van der Waals surface area contributed by atoms with E-state index >= 15 is 0 Å². The van der Waals surface area contributed by atoms with Gasteiger partial charge in [0.15, 0.2) is 0 Å². The van der Waals surface area contributed by atoms with Gasteiger partial charge in [0.25, 0.3) is 0 Å². The first kappa shape index (κ1) is 19.9. The third-order valence-corrected chi connectivity index (χ3v) is 20.5. The summed E-state index contributed by atoms with van der Waals surface area (Å²) in [7, 11) is 0. The molecule has 3 N–H and O–H groups in total. The minimum absolute atomic E-state index is 0.533. The maximum atomic E-state index is 9.23. The van der Waals surface area contributed by atoms with Crippen molar-refractivity contribution in [1.29, 1.82) is 0 Å². The third-order valence-electron chi connectivity index (χ3n) is 4.78. The zero-order valence-electron chi connectivity index (χ0n) is 14.6. The number of nitrogens with one attached hydrogen (secondary N) is 1. The summed E-state index contributed by atoms with van der Waals surface area (Å²) in [5, 5.41) is 17.9. The van der Waals surface area contributed by atoms with E-state index < -0.39 is 23.6 Å². The molecule has 0 bridgehead atoms. The average molecular weight is 415 g/mol. The Labute approximate surface area is 140 Å². The van der Waals surface area contributed by atoms with Crippen LogP contribution in [0.4, 0.5) is 5.69 Å². The molecule has 0 heterocycles. The van der Waals surface area contributed by atoms with E-state index in [1.165, 1.54) is 51.8 Å². The van der Waals surface area contributed by atoms with Crippen molar-refractivity contribution in [2.45, 2.75) is 72.6 Å². The van der Waals surface area contributed by atoms with Gasteiger partial charge in [-0.3, -0.25) is 0 Å². The minimum atomic E-state index is -2.35. The number of benzene rings is 1. The van der Waals surface area contributed by atoms with E-state index in [9.17, 15) is 10.4 Å². The number of hydrogen-bond acceptors (Lipinski definition) is 2. The fourth-order valence-corrected chi connectivity index (χ4v) is 19.3. The first-order chi connectivity index (χ1) is 10.6. The molecule has 1 aromatic carbocycles. The third kappa shape index (κ3) is 5.84. The van der Waals surface area contributed by atoms with Crippen LogP contribution in [0.3, 0.4) is 0 Å². The Morgan fingerprint density at radius 2 is 1.18 bits per heavy atom. The SMILES string of the molecule is CCC[CH2][Sn]([CH2]CCC)([CH2]CCC)[c]1ccc([NH+](O)O)cc1. The maximum absolute atomic E-state index is 9.23. The second kappa shape index (κ2) is 10.6. The van der Waals surface area contributed by atoms with Crippen molar-refractivity contribution in [3.63, 3.8) is 0 Å². The van der Waals surface area contributed by atoms with Crippen LogP contribution in [-0.4, -0.2) is 28.8 Å². The summed E-state index contributed by atoms with van der Waals surface area (Å²) < 4.78 is 5.91. The van der Waals surface area contributed by atoms with Gasteiger partial charge in [-0.15, -0.1) is 0 Å². The zero-order valence-corrected chi connectivity index (χ0v) is 17.4. The van der Waals surface area contributed by atoms with Gasteiger partial charge in [-0.25, -0.2) is 0 Å². The van der Waals surface area contributed by atoms with Crippen LogP contribution >= 0.6 is 0 Å². The van der Waals surface area contributed by atoms with Gasteiger partial charge in [-0.1, -0.05) is 0 Å². The predicted octanol–water partition coefficient (Wildman–Crippen LogP) is 4.04. The number of unbranched alkanes of at least 4 members (excludes halogenated alkanes) is 3. The fraction of sp³-hybridized carbons (Fsp3) is 0.667. The molecular weight excluding hydrogens is 381 g/mol. The van der Waals surface area contributed by atoms with E-state index in [4.69, 9.17) is 0 Å². The van der Waals surface area contributed by atoms with Crippen LogP contribution in [0.5, 0.6) is 0 Å². The summed E-state index contributed by atoms with van der Waals surface area (Å²) >= 11 is -2.35. The summed E-state index contributed by atoms with van der Waals surface area (Å²) in [6.07, 6.45) is 7.88. The van der Waals surface area contributed by atoms with E-state index in [0.29, 0.717) is 5.69 Å². The molecule has 1 aromatic rings. The van der Waals surface area contributed by atoms with E-state index in [2.05, 4.69) is 32.9 Å². The van der Waals surface area contributed by atoms with Crippen LogP contribution in [0.15, 0.2) is 24.3 Å². The molecule has 3 nitrogen and oxygen atoms in total. The summed E-state index contributed by atoms with van der Waals surface area (Å²) in [4.78, 5) is 0. The van der Waals surface area contributed by atoms with Gasteiger partial charge < -0.3 is 0 Å². The Morgan fingerprint density at radius 3 is 1.50 bits per heavy atom. The normalized spacial score (nSPS) is 12.1. The summed E-state index contributed by atoms with van der Waals surface area (Å²) in [6, 6.07) is 8.16. The molecule has 0 unspecified atom stereocenters. The Kier molecular flexibility index (Phi) is 9.64. The van der Waals surface area contributed by atoms with E-state index in [-0.39, 0.29) is 0 Å². The van der Waals surface area contributed by atoms with Crippen molar-refractivity contribution in [3.05, 3.63) is 24.3 Å². The Morgan fingerprint density at radius 1 is 0.773 bits per heavy atom. The standard InChI is InChI=1S/C6H6NO2.3C4H9.Sn/c8-7(9)6-4-2-1-3-5-6;3*1-3-4-2;/h2-5,8-9H;3*1,3-4H2,2H3;/p+1. The number of quaternary nitrogens is 1. The molecule has 0 fully saturated rings. The second-order valence-electron chi connectivity index (χ2n) is 6.49. The van der Waals surface area contributed by atoms with Crippen LogP contribution in [0.25, 0.3) is 0 Å². The number of rotatable bonds is 11. The van der Waals surface area contributed by atoms with Crippen molar-refractivity contribution in [2.24, 2.45) is 0 Å². The molecule has 0 radical (unpaired) electrons. The molecule has 0 saturated carbocycles. The summed E-state index contributed by atoms with van der Waals surface area (Å²) in [5.74, 6) is 0. The molecule has 0 aromatic heterocycles. The first-order valence-electron chi connectivity index (χ1n) is 8.95. The molecule has 4 heteroatoms. The molecule has 0 spiro atoms. The molecule has 0 aliphatic carbocycles. The molecule has 1 rings (SSSR count). The van der Waals surface area contributed by atoms with Crippen LogP contribution in [0, 0.1) is 0 Å². The molecule has 0 atom stereocenters. The summed E-state index contributed by atoms with van der Waals surface area (Å²) in [5.41, 5.74) is 0.533. The molecule has 0 amide bonds. The van der Waals surface area contributed by atoms with Crippen LogP contribution in [-0.2, 0) is 0 Å². The molecule has 126 valence electrons. The van der Waals surface area contributed by atoms with Gasteiger partial charge in [0, 0.05) is 0 Å². The first-order valence-corrected chi connectivity index (χ1v) is 16.4. The Hall–Kier alpha value is -0.101. The number of hydrogen-bond donors (Lipinski definition) is 3. The van der Waals surface area contributed by atoms with Crippen molar-refractivity contribution in [1.82, 2.24) is 0 Å². The quantitative estimate of drug-likeness (QED) is 0.378.